The first-order valence-electron chi connectivity index (χ1n) is 8.55. The molecule has 0 heterocycles. The Labute approximate surface area is 156 Å². The van der Waals surface area contributed by atoms with Crippen LogP contribution in [0.1, 0.15) is 46.4 Å². The normalized spacial score (nSPS) is 12.5. The number of nitrogens with zero attached hydrogens (tertiary/aromatic N) is 1. The Kier molecular flexibility index (Phi) is 6.08. The van der Waals surface area contributed by atoms with Gasteiger partial charge in [0.25, 0.3) is 5.91 Å². The van der Waals surface area contributed by atoms with Gasteiger partial charge in [0.15, 0.2) is 0 Å². The second-order valence-electron chi connectivity index (χ2n) is 6.56. The van der Waals surface area contributed by atoms with Crippen molar-refractivity contribution in [3.8, 4) is 0 Å². The van der Waals surface area contributed by atoms with Crippen LogP contribution in [0.4, 0.5) is 5.69 Å². The van der Waals surface area contributed by atoms with Gasteiger partial charge in [-0.15, -0.1) is 0 Å². The monoisotopic (exact) mass is 374 g/mol. The van der Waals surface area contributed by atoms with Gasteiger partial charge >= 0.3 is 0 Å². The number of carbonyl (C=O) groups excluding carboxylic acids is 1. The minimum absolute atomic E-state index is 0.0693. The number of hydrogen-bond donors (Lipinski definition) is 1. The van der Waals surface area contributed by atoms with Crippen molar-refractivity contribution in [2.75, 3.05) is 17.6 Å². The van der Waals surface area contributed by atoms with E-state index in [1.165, 1.54) is 22.5 Å². The number of aryl methyl sites for hydroxylation is 2. The molecule has 0 aliphatic rings. The number of sulfonamides is 1. The molecule has 0 bridgehead atoms. The van der Waals surface area contributed by atoms with Crippen molar-refractivity contribution in [3.63, 3.8) is 0 Å². The van der Waals surface area contributed by atoms with E-state index in [4.69, 9.17) is 0 Å². The van der Waals surface area contributed by atoms with Crippen molar-refractivity contribution in [2.45, 2.75) is 33.2 Å². The Morgan fingerprint density at radius 1 is 1.08 bits per heavy atom. The molecular weight excluding hydrogens is 348 g/mol. The highest BCUT2D eigenvalue weighted by atomic mass is 32.2. The van der Waals surface area contributed by atoms with Crippen LogP contribution in [0.5, 0.6) is 0 Å². The van der Waals surface area contributed by atoms with Crippen molar-refractivity contribution in [3.05, 3.63) is 64.7 Å². The van der Waals surface area contributed by atoms with E-state index in [0.29, 0.717) is 11.3 Å². The van der Waals surface area contributed by atoms with Crippen molar-refractivity contribution >= 4 is 21.6 Å². The number of amides is 1. The summed E-state index contributed by atoms with van der Waals surface area (Å²) in [5.41, 5.74) is 4.52. The molecular formula is C20H26N2O3S. The molecule has 5 nitrogen and oxygen atoms in total. The molecule has 1 unspecified atom stereocenters. The minimum atomic E-state index is -3.32. The van der Waals surface area contributed by atoms with Crippen LogP contribution in [-0.4, -0.2) is 27.6 Å². The highest BCUT2D eigenvalue weighted by molar-refractivity contribution is 7.92. The summed E-state index contributed by atoms with van der Waals surface area (Å²) in [4.78, 5) is 12.6. The maximum absolute atomic E-state index is 12.6. The molecule has 0 saturated heterocycles. The molecule has 0 aromatic heterocycles. The Balaban J connectivity index is 2.16. The lowest BCUT2D eigenvalue weighted by molar-refractivity contribution is 0.0935. The third kappa shape index (κ3) is 4.64. The summed E-state index contributed by atoms with van der Waals surface area (Å²) in [5.74, 6) is -0.177. The highest BCUT2D eigenvalue weighted by Gasteiger charge is 2.16. The summed E-state index contributed by atoms with van der Waals surface area (Å²) in [6.45, 7) is 6.16. The van der Waals surface area contributed by atoms with Gasteiger partial charge in [-0.1, -0.05) is 25.1 Å². The zero-order valence-electron chi connectivity index (χ0n) is 15.9. The molecule has 0 aliphatic carbocycles. The van der Waals surface area contributed by atoms with Gasteiger partial charge in [0.2, 0.25) is 10.0 Å². The van der Waals surface area contributed by atoms with Gasteiger partial charge < -0.3 is 5.32 Å². The molecule has 6 heteroatoms. The Bertz CT molecular complexity index is 890. The molecule has 1 amide bonds. The molecule has 2 aromatic carbocycles. The number of carbonyl (C=O) groups is 1. The zero-order valence-corrected chi connectivity index (χ0v) is 16.7. The lowest BCUT2D eigenvalue weighted by atomic mass is 9.99. The molecule has 0 fully saturated rings. The van der Waals surface area contributed by atoms with Crippen LogP contribution in [0.3, 0.4) is 0 Å². The van der Waals surface area contributed by atoms with Crippen LogP contribution in [0, 0.1) is 13.8 Å². The van der Waals surface area contributed by atoms with Gasteiger partial charge in [-0.05, 0) is 61.2 Å². The first-order chi connectivity index (χ1) is 12.1. The minimum Gasteiger partial charge on any atom is -0.345 e. The maximum Gasteiger partial charge on any atom is 0.251 e. The molecule has 0 aliphatic heterocycles. The van der Waals surface area contributed by atoms with Crippen molar-refractivity contribution in [2.24, 2.45) is 0 Å². The summed E-state index contributed by atoms with van der Waals surface area (Å²) >= 11 is 0. The number of hydrogen-bond acceptors (Lipinski definition) is 3. The van der Waals surface area contributed by atoms with E-state index in [2.05, 4.69) is 31.3 Å². The molecule has 0 radical (unpaired) electrons. The predicted molar refractivity (Wildman–Crippen MR) is 106 cm³/mol. The van der Waals surface area contributed by atoms with Crippen molar-refractivity contribution in [1.82, 2.24) is 5.32 Å². The molecule has 26 heavy (non-hydrogen) atoms. The molecule has 0 saturated carbocycles. The lowest BCUT2D eigenvalue weighted by Crippen LogP contribution is -2.28. The average Bonchev–Trinajstić information content (AvgIpc) is 2.60. The predicted octanol–water partition coefficient (Wildman–Crippen LogP) is 3.58. The van der Waals surface area contributed by atoms with Crippen LogP contribution in [0.15, 0.2) is 42.5 Å². The first-order valence-corrected chi connectivity index (χ1v) is 10.4. The summed E-state index contributed by atoms with van der Waals surface area (Å²) in [5, 5.41) is 3.05. The molecule has 2 aromatic rings. The van der Waals surface area contributed by atoms with Gasteiger partial charge in [-0.2, -0.15) is 0 Å². The van der Waals surface area contributed by atoms with Gasteiger partial charge in [0.05, 0.1) is 18.0 Å². The van der Waals surface area contributed by atoms with E-state index >= 15 is 0 Å². The second kappa shape index (κ2) is 7.91. The van der Waals surface area contributed by atoms with Crippen molar-refractivity contribution < 1.29 is 13.2 Å². The van der Waals surface area contributed by atoms with Crippen LogP contribution in [-0.2, 0) is 10.0 Å². The SMILES string of the molecule is CCC(NC(=O)c1ccc(N(C)S(C)(=O)=O)cc1)c1ccc(C)c(C)c1. The van der Waals surface area contributed by atoms with Crippen LogP contribution in [0.25, 0.3) is 0 Å². The average molecular weight is 375 g/mol. The molecule has 2 rings (SSSR count). The Hall–Kier alpha value is -2.34. The quantitative estimate of drug-likeness (QED) is 0.840. The van der Waals surface area contributed by atoms with Gasteiger partial charge in [0.1, 0.15) is 0 Å². The third-order valence-corrected chi connectivity index (χ3v) is 5.84. The van der Waals surface area contributed by atoms with Gasteiger partial charge in [-0.3, -0.25) is 9.10 Å². The third-order valence-electron chi connectivity index (χ3n) is 4.64. The Morgan fingerprint density at radius 2 is 1.69 bits per heavy atom. The van der Waals surface area contributed by atoms with E-state index in [0.717, 1.165) is 18.2 Å². The fourth-order valence-corrected chi connectivity index (χ4v) is 3.16. The first kappa shape index (κ1) is 20.0. The molecule has 1 N–H and O–H groups in total. The van der Waals surface area contributed by atoms with Crippen LogP contribution < -0.4 is 9.62 Å². The summed E-state index contributed by atoms with van der Waals surface area (Å²) in [6, 6.07) is 12.7. The van der Waals surface area contributed by atoms with E-state index in [-0.39, 0.29) is 11.9 Å². The zero-order chi connectivity index (χ0) is 19.5. The largest absolute Gasteiger partial charge is 0.345 e. The summed E-state index contributed by atoms with van der Waals surface area (Å²) in [6.07, 6.45) is 1.92. The van der Waals surface area contributed by atoms with Crippen LogP contribution in [0.2, 0.25) is 0 Å². The van der Waals surface area contributed by atoms with Crippen LogP contribution >= 0.6 is 0 Å². The fraction of sp³-hybridized carbons (Fsp3) is 0.350. The number of rotatable bonds is 6. The van der Waals surface area contributed by atoms with Crippen molar-refractivity contribution in [1.29, 1.82) is 0 Å². The molecule has 140 valence electrons. The summed E-state index contributed by atoms with van der Waals surface area (Å²) in [7, 11) is -1.84. The summed E-state index contributed by atoms with van der Waals surface area (Å²) < 4.78 is 24.4. The Morgan fingerprint density at radius 3 is 2.19 bits per heavy atom. The smallest absolute Gasteiger partial charge is 0.251 e. The van der Waals surface area contributed by atoms with Gasteiger partial charge in [-0.25, -0.2) is 8.42 Å². The number of nitrogens with one attached hydrogen (secondary N) is 1. The molecule has 1 atom stereocenters. The van der Waals surface area contributed by atoms with Gasteiger partial charge in [0, 0.05) is 12.6 Å². The van der Waals surface area contributed by atoms with E-state index in [1.807, 2.05) is 13.0 Å². The lowest BCUT2D eigenvalue weighted by Gasteiger charge is -2.19. The van der Waals surface area contributed by atoms with E-state index < -0.39 is 10.0 Å². The number of benzene rings is 2. The topological polar surface area (TPSA) is 66.5 Å². The highest BCUT2D eigenvalue weighted by Crippen LogP contribution is 2.21. The van der Waals surface area contributed by atoms with E-state index in [1.54, 1.807) is 24.3 Å². The van der Waals surface area contributed by atoms with E-state index in [9.17, 15) is 13.2 Å². The maximum atomic E-state index is 12.6. The second-order valence-corrected chi connectivity index (χ2v) is 8.57. The fourth-order valence-electron chi connectivity index (χ4n) is 2.66. The molecule has 0 spiro atoms. The number of anilines is 1. The standard InChI is InChI=1S/C20H26N2O3S/c1-6-19(17-8-7-14(2)15(3)13-17)21-20(23)16-9-11-18(12-10-16)22(4)26(5,24)25/h7-13,19H,6H2,1-5H3,(H,21,23).